The van der Waals surface area contributed by atoms with Gasteiger partial charge in [0.05, 0.1) is 5.69 Å². The first kappa shape index (κ1) is 10.1. The molecule has 3 nitrogen and oxygen atoms in total. The third-order valence-corrected chi connectivity index (χ3v) is 2.93. The van der Waals surface area contributed by atoms with E-state index >= 15 is 0 Å². The van der Waals surface area contributed by atoms with Gasteiger partial charge in [0.15, 0.2) is 0 Å². The average Bonchev–Trinajstić information content (AvgIpc) is 2.82. The number of nitrogens with one attached hydrogen (secondary N) is 1. The Labute approximate surface area is 99.3 Å². The fraction of sp³-hybridized carbons (Fsp3) is 0.0714. The summed E-state index contributed by atoms with van der Waals surface area (Å²) in [6.07, 6.45) is 3.80. The molecule has 2 heterocycles. The molecule has 3 aromatic rings. The zero-order valence-electron chi connectivity index (χ0n) is 9.35. The third kappa shape index (κ3) is 1.70. The van der Waals surface area contributed by atoms with E-state index in [1.807, 2.05) is 30.5 Å². The minimum absolute atomic E-state index is 0.540. The first-order chi connectivity index (χ1) is 8.38. The average molecular weight is 223 g/mol. The summed E-state index contributed by atoms with van der Waals surface area (Å²) in [5.74, 6) is 0. The van der Waals surface area contributed by atoms with Gasteiger partial charge >= 0.3 is 0 Å². The molecule has 0 aliphatic carbocycles. The van der Waals surface area contributed by atoms with Crippen molar-refractivity contribution in [1.82, 2.24) is 9.97 Å². The Morgan fingerprint density at radius 3 is 2.94 bits per heavy atom. The maximum atomic E-state index is 5.65. The van der Waals surface area contributed by atoms with Gasteiger partial charge in [0.1, 0.15) is 0 Å². The van der Waals surface area contributed by atoms with Gasteiger partial charge in [-0.25, -0.2) is 0 Å². The van der Waals surface area contributed by atoms with Crippen molar-refractivity contribution in [2.75, 3.05) is 0 Å². The summed E-state index contributed by atoms with van der Waals surface area (Å²) in [5, 5.41) is 1.19. The molecule has 17 heavy (non-hydrogen) atoms. The number of fused-ring (bicyclic) bond motifs is 1. The van der Waals surface area contributed by atoms with Gasteiger partial charge in [-0.1, -0.05) is 18.2 Å². The lowest BCUT2D eigenvalue weighted by Gasteiger charge is -2.01. The van der Waals surface area contributed by atoms with Gasteiger partial charge in [0.25, 0.3) is 0 Å². The van der Waals surface area contributed by atoms with Crippen LogP contribution in [0.5, 0.6) is 0 Å². The first-order valence-corrected chi connectivity index (χ1v) is 5.60. The Bertz CT molecular complexity index is 655. The lowest BCUT2D eigenvalue weighted by molar-refractivity contribution is 1.06. The molecular formula is C14H13N3. The van der Waals surface area contributed by atoms with Crippen LogP contribution in [0, 0.1) is 0 Å². The summed E-state index contributed by atoms with van der Waals surface area (Å²) in [4.78, 5) is 7.66. The molecule has 2 aromatic heterocycles. The summed E-state index contributed by atoms with van der Waals surface area (Å²) >= 11 is 0. The lowest BCUT2D eigenvalue weighted by atomic mass is 10.1. The van der Waals surface area contributed by atoms with Crippen LogP contribution >= 0.6 is 0 Å². The molecule has 3 rings (SSSR count). The summed E-state index contributed by atoms with van der Waals surface area (Å²) in [7, 11) is 0. The second-order valence-corrected chi connectivity index (χ2v) is 4.00. The number of rotatable bonds is 2. The van der Waals surface area contributed by atoms with Crippen LogP contribution in [0.3, 0.4) is 0 Å². The van der Waals surface area contributed by atoms with Crippen LogP contribution in [0.15, 0.2) is 48.8 Å². The number of hydrogen-bond acceptors (Lipinski definition) is 2. The molecule has 0 bridgehead atoms. The fourth-order valence-electron chi connectivity index (χ4n) is 2.03. The molecule has 0 aliphatic heterocycles. The number of H-pyrrole nitrogens is 1. The number of aromatic amines is 1. The molecule has 0 saturated heterocycles. The molecular weight excluding hydrogens is 210 g/mol. The first-order valence-electron chi connectivity index (χ1n) is 5.60. The van der Waals surface area contributed by atoms with Gasteiger partial charge in [0.2, 0.25) is 0 Å². The van der Waals surface area contributed by atoms with Crippen molar-refractivity contribution in [3.63, 3.8) is 0 Å². The Balaban J connectivity index is 2.20. The highest BCUT2D eigenvalue weighted by Gasteiger charge is 2.06. The smallest absolute Gasteiger partial charge is 0.0726 e. The number of nitrogens with two attached hydrogens (primary N) is 1. The number of benzene rings is 1. The highest BCUT2D eigenvalue weighted by molar-refractivity contribution is 5.94. The van der Waals surface area contributed by atoms with E-state index in [2.05, 4.69) is 22.1 Å². The quantitative estimate of drug-likeness (QED) is 0.701. The minimum atomic E-state index is 0.540. The maximum Gasteiger partial charge on any atom is 0.0726 e. The van der Waals surface area contributed by atoms with Crippen LogP contribution in [0.25, 0.3) is 22.2 Å². The van der Waals surface area contributed by atoms with E-state index in [4.69, 9.17) is 5.73 Å². The van der Waals surface area contributed by atoms with Gasteiger partial charge in [-0.15, -0.1) is 0 Å². The van der Waals surface area contributed by atoms with Crippen molar-refractivity contribution in [3.05, 3.63) is 54.4 Å². The van der Waals surface area contributed by atoms with Crippen molar-refractivity contribution >= 4 is 10.9 Å². The van der Waals surface area contributed by atoms with E-state index in [1.54, 1.807) is 6.20 Å². The van der Waals surface area contributed by atoms with Crippen LogP contribution < -0.4 is 5.73 Å². The van der Waals surface area contributed by atoms with Crippen LogP contribution in [0.1, 0.15) is 5.56 Å². The van der Waals surface area contributed by atoms with Crippen molar-refractivity contribution in [1.29, 1.82) is 0 Å². The zero-order valence-corrected chi connectivity index (χ0v) is 9.35. The molecule has 3 N–H and O–H groups in total. The SMILES string of the molecule is NCc1ccnc(-c2c[nH]c3ccccc23)c1. The van der Waals surface area contributed by atoms with Gasteiger partial charge in [0, 0.05) is 35.4 Å². The molecule has 0 spiro atoms. The van der Waals surface area contributed by atoms with Crippen molar-refractivity contribution < 1.29 is 0 Å². The third-order valence-electron chi connectivity index (χ3n) is 2.93. The summed E-state index contributed by atoms with van der Waals surface area (Å²) < 4.78 is 0. The van der Waals surface area contributed by atoms with E-state index in [0.717, 1.165) is 22.3 Å². The molecule has 0 aliphatic rings. The predicted molar refractivity (Wildman–Crippen MR) is 69.4 cm³/mol. The summed E-state index contributed by atoms with van der Waals surface area (Å²) in [6, 6.07) is 12.2. The number of pyridine rings is 1. The van der Waals surface area contributed by atoms with Gasteiger partial charge in [-0.05, 0) is 23.8 Å². The molecule has 0 unspecified atom stereocenters. The fourth-order valence-corrected chi connectivity index (χ4v) is 2.03. The van der Waals surface area contributed by atoms with Crippen LogP contribution in [-0.2, 0) is 6.54 Å². The highest BCUT2D eigenvalue weighted by atomic mass is 14.7. The normalized spacial score (nSPS) is 10.9. The molecule has 3 heteroatoms. The topological polar surface area (TPSA) is 54.7 Å². The van der Waals surface area contributed by atoms with Gasteiger partial charge < -0.3 is 10.7 Å². The second kappa shape index (κ2) is 4.03. The van der Waals surface area contributed by atoms with Gasteiger partial charge in [-0.2, -0.15) is 0 Å². The standard InChI is InChI=1S/C14H13N3/c15-8-10-5-6-16-14(7-10)12-9-17-13-4-2-1-3-11(12)13/h1-7,9,17H,8,15H2. The second-order valence-electron chi connectivity index (χ2n) is 4.00. The number of nitrogens with zero attached hydrogens (tertiary/aromatic N) is 1. The van der Waals surface area contributed by atoms with Gasteiger partial charge in [-0.3, -0.25) is 4.98 Å². The van der Waals surface area contributed by atoms with E-state index in [0.29, 0.717) is 6.54 Å². The lowest BCUT2D eigenvalue weighted by Crippen LogP contribution is -1.96. The predicted octanol–water partition coefficient (Wildman–Crippen LogP) is 2.69. The Morgan fingerprint density at radius 1 is 1.18 bits per heavy atom. The Morgan fingerprint density at radius 2 is 2.06 bits per heavy atom. The van der Waals surface area contributed by atoms with Crippen LogP contribution in [0.4, 0.5) is 0 Å². The molecule has 84 valence electrons. The largest absolute Gasteiger partial charge is 0.360 e. The highest BCUT2D eigenvalue weighted by Crippen LogP contribution is 2.27. The Hall–Kier alpha value is -2.13. The zero-order chi connectivity index (χ0) is 11.7. The summed E-state index contributed by atoms with van der Waals surface area (Å²) in [5.41, 5.74) is 9.96. The maximum absolute atomic E-state index is 5.65. The molecule has 0 saturated carbocycles. The number of aromatic nitrogens is 2. The van der Waals surface area contributed by atoms with E-state index in [1.165, 1.54) is 5.39 Å². The minimum Gasteiger partial charge on any atom is -0.360 e. The number of hydrogen-bond donors (Lipinski definition) is 2. The molecule has 0 atom stereocenters. The van der Waals surface area contributed by atoms with Crippen molar-refractivity contribution in [2.45, 2.75) is 6.54 Å². The van der Waals surface area contributed by atoms with Crippen LogP contribution in [0.2, 0.25) is 0 Å². The number of para-hydroxylation sites is 1. The Kier molecular flexibility index (Phi) is 2.38. The van der Waals surface area contributed by atoms with Crippen LogP contribution in [-0.4, -0.2) is 9.97 Å². The van der Waals surface area contributed by atoms with E-state index < -0.39 is 0 Å². The molecule has 1 aromatic carbocycles. The molecule has 0 radical (unpaired) electrons. The van der Waals surface area contributed by atoms with Crippen molar-refractivity contribution in [2.24, 2.45) is 5.73 Å². The molecule has 0 amide bonds. The van der Waals surface area contributed by atoms with E-state index in [9.17, 15) is 0 Å². The molecule has 0 fully saturated rings. The summed E-state index contributed by atoms with van der Waals surface area (Å²) in [6.45, 7) is 0.540. The monoisotopic (exact) mass is 223 g/mol. The van der Waals surface area contributed by atoms with Crippen molar-refractivity contribution in [3.8, 4) is 11.3 Å². The van der Waals surface area contributed by atoms with E-state index in [-0.39, 0.29) is 0 Å².